The van der Waals surface area contributed by atoms with E-state index in [2.05, 4.69) is 11.0 Å². The van der Waals surface area contributed by atoms with Crippen LogP contribution in [0.1, 0.15) is 30.0 Å². The zero-order valence-electron chi connectivity index (χ0n) is 11.6. The van der Waals surface area contributed by atoms with Crippen LogP contribution >= 0.6 is 0 Å². The van der Waals surface area contributed by atoms with Gasteiger partial charge in [-0.2, -0.15) is 5.26 Å². The second-order valence-corrected chi connectivity index (χ2v) is 5.40. The van der Waals surface area contributed by atoms with E-state index in [0.29, 0.717) is 18.7 Å². The normalized spacial score (nSPS) is 17.3. The summed E-state index contributed by atoms with van der Waals surface area (Å²) in [6.45, 7) is 8.38. The van der Waals surface area contributed by atoms with Crippen molar-refractivity contribution in [2.45, 2.75) is 26.3 Å². The van der Waals surface area contributed by atoms with Crippen LogP contribution in [0.3, 0.4) is 0 Å². The zero-order chi connectivity index (χ0) is 14.0. The van der Waals surface area contributed by atoms with Gasteiger partial charge < -0.3 is 9.32 Å². The molecule has 1 amide bonds. The van der Waals surface area contributed by atoms with Crippen molar-refractivity contribution in [3.63, 3.8) is 0 Å². The monoisotopic (exact) mass is 261 g/mol. The molecule has 1 saturated heterocycles. The van der Waals surface area contributed by atoms with Crippen molar-refractivity contribution >= 4 is 5.91 Å². The average Bonchev–Trinajstić information content (AvgIpc) is 2.85. The number of piperazine rings is 1. The van der Waals surface area contributed by atoms with Gasteiger partial charge in [-0.25, -0.2) is 0 Å². The van der Waals surface area contributed by atoms with Crippen molar-refractivity contribution in [3.05, 3.63) is 23.7 Å². The Hall–Kier alpha value is -1.80. The predicted octanol–water partition coefficient (Wildman–Crippen LogP) is 1.65. The maximum Gasteiger partial charge on any atom is 0.257 e. The van der Waals surface area contributed by atoms with Gasteiger partial charge in [-0.3, -0.25) is 9.69 Å². The number of carbonyl (C=O) groups is 1. The van der Waals surface area contributed by atoms with E-state index in [9.17, 15) is 4.79 Å². The predicted molar refractivity (Wildman–Crippen MR) is 70.6 cm³/mol. The molecule has 0 saturated carbocycles. The smallest absolute Gasteiger partial charge is 0.257 e. The molecular weight excluding hydrogens is 242 g/mol. The molecule has 0 spiro atoms. The third-order valence-electron chi connectivity index (χ3n) is 3.61. The zero-order valence-corrected chi connectivity index (χ0v) is 11.6. The number of nitrogens with zero attached hydrogens (tertiary/aromatic N) is 3. The lowest BCUT2D eigenvalue weighted by Gasteiger charge is -2.40. The van der Waals surface area contributed by atoms with Crippen molar-refractivity contribution < 1.29 is 9.21 Å². The molecule has 102 valence electrons. The lowest BCUT2D eigenvalue weighted by atomic mass is 10.0. The van der Waals surface area contributed by atoms with Crippen molar-refractivity contribution in [3.8, 4) is 6.07 Å². The molecule has 2 heterocycles. The summed E-state index contributed by atoms with van der Waals surface area (Å²) in [5.74, 6) is 0.749. The summed E-state index contributed by atoms with van der Waals surface area (Å²) in [5, 5.41) is 9.12. The quantitative estimate of drug-likeness (QED) is 0.812. The first-order chi connectivity index (χ1) is 8.94. The molecule has 0 aliphatic carbocycles. The van der Waals surface area contributed by atoms with Gasteiger partial charge in [0, 0.05) is 26.2 Å². The molecule has 5 heteroatoms. The summed E-state index contributed by atoms with van der Waals surface area (Å²) in [5.41, 5.74) is 0.131. The fourth-order valence-corrected chi connectivity index (χ4v) is 2.28. The molecule has 5 nitrogen and oxygen atoms in total. The van der Waals surface area contributed by atoms with Crippen LogP contribution in [0.15, 0.2) is 16.7 Å². The lowest BCUT2D eigenvalue weighted by molar-refractivity contribution is 0.0520. The average molecular weight is 261 g/mol. The lowest BCUT2D eigenvalue weighted by Crippen LogP contribution is -2.55. The molecular formula is C14H19N3O2. The third kappa shape index (κ3) is 2.79. The summed E-state index contributed by atoms with van der Waals surface area (Å²) < 4.78 is 5.17. The summed E-state index contributed by atoms with van der Waals surface area (Å²) in [4.78, 5) is 16.1. The molecule has 1 aliphatic heterocycles. The van der Waals surface area contributed by atoms with Crippen LogP contribution < -0.4 is 0 Å². The Labute approximate surface area is 113 Å². The summed E-state index contributed by atoms with van der Waals surface area (Å²) >= 11 is 0. The molecule has 1 fully saturated rings. The number of hydrogen-bond acceptors (Lipinski definition) is 4. The van der Waals surface area contributed by atoms with Crippen LogP contribution in [0.4, 0.5) is 0 Å². The largest absolute Gasteiger partial charge is 0.469 e. The summed E-state index contributed by atoms with van der Waals surface area (Å²) in [6, 6.07) is 4.06. The Balaban J connectivity index is 1.97. The molecule has 19 heavy (non-hydrogen) atoms. The van der Waals surface area contributed by atoms with Crippen LogP contribution in [0, 0.1) is 18.3 Å². The van der Waals surface area contributed by atoms with Gasteiger partial charge >= 0.3 is 0 Å². The number of furan rings is 1. The molecule has 2 rings (SSSR count). The molecule has 0 bridgehead atoms. The number of rotatable bonds is 2. The van der Waals surface area contributed by atoms with E-state index in [4.69, 9.17) is 9.68 Å². The first-order valence-electron chi connectivity index (χ1n) is 6.45. The van der Waals surface area contributed by atoms with Crippen molar-refractivity contribution in [2.24, 2.45) is 0 Å². The number of carbonyl (C=O) groups excluding carboxylic acids is 1. The van der Waals surface area contributed by atoms with E-state index in [1.54, 1.807) is 6.07 Å². The van der Waals surface area contributed by atoms with E-state index in [-0.39, 0.29) is 5.91 Å². The van der Waals surface area contributed by atoms with Gasteiger partial charge in [-0.1, -0.05) is 0 Å². The fraction of sp³-hybridized carbons (Fsp3) is 0.571. The van der Waals surface area contributed by atoms with Crippen molar-refractivity contribution in [1.29, 1.82) is 5.26 Å². The minimum atomic E-state index is -0.471. The molecule has 1 aromatic heterocycles. The van der Waals surface area contributed by atoms with Gasteiger partial charge in [0.2, 0.25) is 0 Å². The second-order valence-electron chi connectivity index (χ2n) is 5.40. The van der Waals surface area contributed by atoms with Crippen LogP contribution in [0.25, 0.3) is 0 Å². The Kier molecular flexibility index (Phi) is 3.63. The molecule has 0 N–H and O–H groups in total. The highest BCUT2D eigenvalue weighted by Gasteiger charge is 2.31. The number of amides is 1. The van der Waals surface area contributed by atoms with Crippen LogP contribution in [-0.2, 0) is 0 Å². The number of hydrogen-bond donors (Lipinski definition) is 0. The Morgan fingerprint density at radius 3 is 2.47 bits per heavy atom. The number of nitriles is 1. The highest BCUT2D eigenvalue weighted by Crippen LogP contribution is 2.17. The highest BCUT2D eigenvalue weighted by molar-refractivity contribution is 5.94. The second kappa shape index (κ2) is 5.06. The molecule has 0 radical (unpaired) electrons. The minimum Gasteiger partial charge on any atom is -0.469 e. The molecule has 1 aromatic rings. The minimum absolute atomic E-state index is 0.00580. The Morgan fingerprint density at radius 2 is 2.00 bits per heavy atom. The van der Waals surface area contributed by atoms with Gasteiger partial charge in [-0.05, 0) is 26.8 Å². The van der Waals surface area contributed by atoms with E-state index in [1.165, 1.54) is 6.26 Å². The molecule has 0 atom stereocenters. The van der Waals surface area contributed by atoms with Crippen LogP contribution in [0.2, 0.25) is 0 Å². The maximum absolute atomic E-state index is 12.2. The van der Waals surface area contributed by atoms with Gasteiger partial charge in [-0.15, -0.1) is 0 Å². The molecule has 1 aliphatic rings. The van der Waals surface area contributed by atoms with E-state index < -0.39 is 5.54 Å². The molecule has 0 aromatic carbocycles. The van der Waals surface area contributed by atoms with Gasteiger partial charge in [0.1, 0.15) is 17.6 Å². The van der Waals surface area contributed by atoms with E-state index in [0.717, 1.165) is 18.8 Å². The van der Waals surface area contributed by atoms with Crippen molar-refractivity contribution in [1.82, 2.24) is 9.80 Å². The first-order valence-corrected chi connectivity index (χ1v) is 6.45. The van der Waals surface area contributed by atoms with E-state index in [1.807, 2.05) is 25.7 Å². The standard InChI is InChI=1S/C14H19N3O2/c1-11-8-12(9-19-11)13(18)16-4-6-17(7-5-16)14(2,3)10-15/h8-9H,4-7H2,1-3H3. The topological polar surface area (TPSA) is 60.5 Å². The fourth-order valence-electron chi connectivity index (χ4n) is 2.28. The Morgan fingerprint density at radius 1 is 1.37 bits per heavy atom. The first kappa shape index (κ1) is 13.6. The number of aryl methyl sites for hydroxylation is 1. The van der Waals surface area contributed by atoms with Crippen LogP contribution in [-0.4, -0.2) is 47.4 Å². The highest BCUT2D eigenvalue weighted by atomic mass is 16.3. The van der Waals surface area contributed by atoms with Crippen molar-refractivity contribution in [2.75, 3.05) is 26.2 Å². The summed E-state index contributed by atoms with van der Waals surface area (Å²) in [7, 11) is 0. The van der Waals surface area contributed by atoms with Gasteiger partial charge in [0.15, 0.2) is 0 Å². The van der Waals surface area contributed by atoms with Crippen LogP contribution in [0.5, 0.6) is 0 Å². The summed E-state index contributed by atoms with van der Waals surface area (Å²) in [6.07, 6.45) is 1.50. The molecule has 0 unspecified atom stereocenters. The third-order valence-corrected chi connectivity index (χ3v) is 3.61. The van der Waals surface area contributed by atoms with Gasteiger partial charge in [0.05, 0.1) is 11.6 Å². The Bertz CT molecular complexity index is 505. The maximum atomic E-state index is 12.2. The SMILES string of the molecule is Cc1cc(C(=O)N2CCN(C(C)(C)C#N)CC2)co1. The van der Waals surface area contributed by atoms with E-state index >= 15 is 0 Å². The van der Waals surface area contributed by atoms with Gasteiger partial charge in [0.25, 0.3) is 5.91 Å².